The smallest absolute Gasteiger partial charge is 0.272 e. The molecule has 2 aromatic rings. The van der Waals surface area contributed by atoms with Gasteiger partial charge in [0, 0.05) is 17.6 Å². The topological polar surface area (TPSA) is 84.2 Å². The summed E-state index contributed by atoms with van der Waals surface area (Å²) < 4.78 is 1.26. The van der Waals surface area contributed by atoms with Crippen LogP contribution in [0.2, 0.25) is 5.02 Å². The van der Waals surface area contributed by atoms with Gasteiger partial charge in [-0.2, -0.15) is 5.10 Å². The number of aliphatic hydroxyl groups excluding tert-OH is 1. The van der Waals surface area contributed by atoms with Gasteiger partial charge in [0.05, 0.1) is 12.6 Å². The van der Waals surface area contributed by atoms with Crippen LogP contribution in [-0.2, 0) is 6.54 Å². The third kappa shape index (κ3) is 4.40. The Morgan fingerprint density at radius 3 is 2.61 bits per heavy atom. The second-order valence-corrected chi connectivity index (χ2v) is 5.48. The van der Waals surface area contributed by atoms with Crippen molar-refractivity contribution in [2.45, 2.75) is 25.9 Å². The maximum Gasteiger partial charge on any atom is 0.272 e. The predicted octanol–water partition coefficient (Wildman–Crippen LogP) is 1.77. The standard InChI is InChI=1S/C16H18ClN3O3/c1-2-9-20-15(22)8-7-13(19-20)16(23)18-14(10-21)11-3-5-12(17)6-4-11/h3-8,14,21H,2,9-10H2,1H3,(H,18,23). The van der Waals surface area contributed by atoms with Crippen molar-refractivity contribution >= 4 is 17.5 Å². The quantitative estimate of drug-likeness (QED) is 0.842. The van der Waals surface area contributed by atoms with Gasteiger partial charge in [0.1, 0.15) is 5.69 Å². The lowest BCUT2D eigenvalue weighted by Gasteiger charge is -2.16. The SMILES string of the molecule is CCCn1nc(C(=O)NC(CO)c2ccc(Cl)cc2)ccc1=O. The van der Waals surface area contributed by atoms with Crippen molar-refractivity contribution in [3.63, 3.8) is 0 Å². The number of hydrogen-bond acceptors (Lipinski definition) is 4. The van der Waals surface area contributed by atoms with E-state index in [-0.39, 0.29) is 17.9 Å². The van der Waals surface area contributed by atoms with Gasteiger partial charge in [0.2, 0.25) is 0 Å². The van der Waals surface area contributed by atoms with Gasteiger partial charge >= 0.3 is 0 Å². The summed E-state index contributed by atoms with van der Waals surface area (Å²) in [5, 5.41) is 16.8. The van der Waals surface area contributed by atoms with Crippen LogP contribution in [-0.4, -0.2) is 27.4 Å². The first-order valence-electron chi connectivity index (χ1n) is 7.30. The minimum Gasteiger partial charge on any atom is -0.394 e. The van der Waals surface area contributed by atoms with Crippen molar-refractivity contribution < 1.29 is 9.90 Å². The second-order valence-electron chi connectivity index (χ2n) is 5.04. The Labute approximate surface area is 138 Å². The van der Waals surface area contributed by atoms with Crippen LogP contribution in [0.1, 0.15) is 35.4 Å². The van der Waals surface area contributed by atoms with Crippen molar-refractivity contribution in [3.05, 3.63) is 63.0 Å². The normalized spacial score (nSPS) is 12.0. The molecule has 0 saturated heterocycles. The molecule has 2 N–H and O–H groups in total. The summed E-state index contributed by atoms with van der Waals surface area (Å²) in [4.78, 5) is 23.9. The van der Waals surface area contributed by atoms with Crippen molar-refractivity contribution in [2.24, 2.45) is 0 Å². The molecule has 0 aliphatic heterocycles. The van der Waals surface area contributed by atoms with Crippen LogP contribution in [0.5, 0.6) is 0 Å². The first kappa shape index (κ1) is 17.2. The Hall–Kier alpha value is -2.18. The summed E-state index contributed by atoms with van der Waals surface area (Å²) in [5.41, 5.74) is 0.609. The van der Waals surface area contributed by atoms with Gasteiger partial charge < -0.3 is 10.4 Å². The van der Waals surface area contributed by atoms with E-state index in [2.05, 4.69) is 10.4 Å². The second kappa shape index (κ2) is 7.89. The largest absolute Gasteiger partial charge is 0.394 e. The van der Waals surface area contributed by atoms with E-state index in [1.807, 2.05) is 6.92 Å². The molecule has 23 heavy (non-hydrogen) atoms. The van der Waals surface area contributed by atoms with Crippen molar-refractivity contribution in [1.29, 1.82) is 0 Å². The zero-order valence-corrected chi connectivity index (χ0v) is 13.5. The number of aliphatic hydroxyl groups is 1. The van der Waals surface area contributed by atoms with E-state index in [4.69, 9.17) is 11.6 Å². The van der Waals surface area contributed by atoms with E-state index >= 15 is 0 Å². The van der Waals surface area contributed by atoms with Crippen molar-refractivity contribution in [1.82, 2.24) is 15.1 Å². The summed E-state index contributed by atoms with van der Waals surface area (Å²) >= 11 is 5.83. The number of rotatable bonds is 6. The molecule has 2 rings (SSSR count). The van der Waals surface area contributed by atoms with Gasteiger partial charge in [-0.05, 0) is 30.2 Å². The Bertz CT molecular complexity index is 728. The number of halogens is 1. The van der Waals surface area contributed by atoms with Crippen LogP contribution in [0.3, 0.4) is 0 Å². The fourth-order valence-electron chi connectivity index (χ4n) is 2.10. The number of aromatic nitrogens is 2. The lowest BCUT2D eigenvalue weighted by molar-refractivity contribution is 0.0908. The van der Waals surface area contributed by atoms with E-state index < -0.39 is 11.9 Å². The number of hydrogen-bond donors (Lipinski definition) is 2. The Kier molecular flexibility index (Phi) is 5.90. The van der Waals surface area contributed by atoms with Crippen LogP contribution in [0.4, 0.5) is 0 Å². The molecule has 0 saturated carbocycles. The fraction of sp³-hybridized carbons (Fsp3) is 0.312. The van der Waals surface area contributed by atoms with Gasteiger partial charge in [-0.3, -0.25) is 9.59 Å². The van der Waals surface area contributed by atoms with E-state index in [1.165, 1.54) is 16.8 Å². The van der Waals surface area contributed by atoms with Gasteiger partial charge in [0.25, 0.3) is 11.5 Å². The fourth-order valence-corrected chi connectivity index (χ4v) is 2.23. The molecule has 0 aliphatic carbocycles. The zero-order chi connectivity index (χ0) is 16.8. The third-order valence-corrected chi connectivity index (χ3v) is 3.55. The number of nitrogens with zero attached hydrogens (tertiary/aromatic N) is 2. The van der Waals surface area contributed by atoms with Gasteiger partial charge in [-0.15, -0.1) is 0 Å². The number of carbonyl (C=O) groups is 1. The molecular weight excluding hydrogens is 318 g/mol. The number of aryl methyl sites for hydroxylation is 1. The monoisotopic (exact) mass is 335 g/mol. The highest BCUT2D eigenvalue weighted by Crippen LogP contribution is 2.16. The first-order valence-corrected chi connectivity index (χ1v) is 7.68. The highest BCUT2D eigenvalue weighted by Gasteiger charge is 2.16. The van der Waals surface area contributed by atoms with E-state index in [0.29, 0.717) is 11.6 Å². The molecule has 1 atom stereocenters. The average molecular weight is 336 g/mol. The molecule has 0 fully saturated rings. The molecule has 7 heteroatoms. The van der Waals surface area contributed by atoms with E-state index in [1.54, 1.807) is 24.3 Å². The molecule has 1 aromatic carbocycles. The number of benzene rings is 1. The summed E-state index contributed by atoms with van der Waals surface area (Å²) in [7, 11) is 0. The van der Waals surface area contributed by atoms with Crippen LogP contribution in [0.25, 0.3) is 0 Å². The van der Waals surface area contributed by atoms with Crippen LogP contribution in [0.15, 0.2) is 41.2 Å². The van der Waals surface area contributed by atoms with Crippen LogP contribution < -0.4 is 10.9 Å². The molecule has 0 radical (unpaired) electrons. The zero-order valence-electron chi connectivity index (χ0n) is 12.7. The van der Waals surface area contributed by atoms with Crippen molar-refractivity contribution in [2.75, 3.05) is 6.61 Å². The van der Waals surface area contributed by atoms with Gasteiger partial charge in [-0.1, -0.05) is 30.7 Å². The van der Waals surface area contributed by atoms with Crippen molar-refractivity contribution in [3.8, 4) is 0 Å². The van der Waals surface area contributed by atoms with E-state index in [9.17, 15) is 14.7 Å². The molecule has 0 bridgehead atoms. The van der Waals surface area contributed by atoms with Gasteiger partial charge in [0.15, 0.2) is 0 Å². The minimum absolute atomic E-state index is 0.130. The highest BCUT2D eigenvalue weighted by atomic mass is 35.5. The first-order chi connectivity index (χ1) is 11.0. The number of amides is 1. The Morgan fingerprint density at radius 1 is 1.30 bits per heavy atom. The third-order valence-electron chi connectivity index (χ3n) is 3.29. The molecule has 1 aromatic heterocycles. The molecule has 0 spiro atoms. The summed E-state index contributed by atoms with van der Waals surface area (Å²) in [6.07, 6.45) is 0.738. The number of carbonyl (C=O) groups excluding carboxylic acids is 1. The maximum absolute atomic E-state index is 12.3. The minimum atomic E-state index is -0.576. The van der Waals surface area contributed by atoms with Crippen LogP contribution in [0, 0.1) is 0 Å². The lowest BCUT2D eigenvalue weighted by Crippen LogP contribution is -2.33. The highest BCUT2D eigenvalue weighted by molar-refractivity contribution is 6.30. The molecule has 1 amide bonds. The summed E-state index contributed by atoms with van der Waals surface area (Å²) in [6.45, 7) is 2.10. The lowest BCUT2D eigenvalue weighted by atomic mass is 10.1. The Morgan fingerprint density at radius 2 is 2.00 bits per heavy atom. The van der Waals surface area contributed by atoms with E-state index in [0.717, 1.165) is 12.0 Å². The predicted molar refractivity (Wildman–Crippen MR) is 87.5 cm³/mol. The molecule has 1 heterocycles. The Balaban J connectivity index is 2.18. The molecule has 1 unspecified atom stereocenters. The average Bonchev–Trinajstić information content (AvgIpc) is 2.55. The number of nitrogens with one attached hydrogen (secondary N) is 1. The molecule has 6 nitrogen and oxygen atoms in total. The summed E-state index contributed by atoms with van der Waals surface area (Å²) in [6, 6.07) is 8.95. The molecular formula is C16H18ClN3O3. The van der Waals surface area contributed by atoms with Crippen LogP contribution >= 0.6 is 11.6 Å². The summed E-state index contributed by atoms with van der Waals surface area (Å²) in [5.74, 6) is -0.455. The van der Waals surface area contributed by atoms with Gasteiger partial charge in [-0.25, -0.2) is 4.68 Å². The molecule has 122 valence electrons. The molecule has 0 aliphatic rings. The maximum atomic E-state index is 12.3.